The molecule has 0 aromatic carbocycles. The van der Waals surface area contributed by atoms with Crippen molar-refractivity contribution < 1.29 is 29.6 Å². The van der Waals surface area contributed by atoms with Crippen LogP contribution in [-0.2, 0) is 19.4 Å². The molecule has 0 rings (SSSR count). The van der Waals surface area contributed by atoms with Crippen LogP contribution in [0.4, 0.5) is 0 Å². The minimum Gasteiger partial charge on any atom is -0.392 e. The van der Waals surface area contributed by atoms with Gasteiger partial charge in [0.1, 0.15) is 0 Å². The Hall–Kier alpha value is -1.14. The van der Waals surface area contributed by atoms with Crippen molar-refractivity contribution >= 4 is 11.9 Å². The summed E-state index contributed by atoms with van der Waals surface area (Å²) in [6.45, 7) is 11.8. The van der Waals surface area contributed by atoms with E-state index in [0.717, 1.165) is 0 Å². The fourth-order valence-corrected chi connectivity index (χ4v) is 2.50. The largest absolute Gasteiger partial charge is 0.392 e. The van der Waals surface area contributed by atoms with E-state index in [1.54, 1.807) is 20.8 Å². The molecule has 0 aliphatic heterocycles. The maximum Gasteiger partial charge on any atom is 0.363 e. The highest BCUT2D eigenvalue weighted by Gasteiger charge is 2.50. The van der Waals surface area contributed by atoms with Crippen LogP contribution in [-0.4, -0.2) is 34.4 Å². The number of aliphatic hydroxyl groups is 2. The lowest BCUT2D eigenvalue weighted by Crippen LogP contribution is -2.53. The van der Waals surface area contributed by atoms with Gasteiger partial charge in [0.25, 0.3) is 0 Å². The minimum atomic E-state index is -1.34. The van der Waals surface area contributed by atoms with Gasteiger partial charge in [-0.2, -0.15) is 0 Å². The van der Waals surface area contributed by atoms with Crippen molar-refractivity contribution in [2.75, 3.05) is 0 Å². The van der Waals surface area contributed by atoms with Crippen molar-refractivity contribution in [1.82, 2.24) is 0 Å². The first-order valence-electron chi connectivity index (χ1n) is 7.66. The SMILES string of the molecule is CCCC(=O)OOC(=O)C(C)(C)C(O)C(C)(C)C(O)C(C)C. The Bertz CT molecular complexity index is 386. The van der Waals surface area contributed by atoms with Gasteiger partial charge in [0.2, 0.25) is 0 Å². The van der Waals surface area contributed by atoms with E-state index in [2.05, 4.69) is 9.78 Å². The highest BCUT2D eigenvalue weighted by Crippen LogP contribution is 2.39. The summed E-state index contributed by atoms with van der Waals surface area (Å²) in [5.74, 6) is -1.57. The maximum absolute atomic E-state index is 12.1. The second-order valence-corrected chi connectivity index (χ2v) is 7.21. The Balaban J connectivity index is 4.97. The van der Waals surface area contributed by atoms with Crippen LogP contribution in [0.15, 0.2) is 0 Å². The van der Waals surface area contributed by atoms with Gasteiger partial charge in [0, 0.05) is 11.8 Å². The molecule has 0 heterocycles. The Morgan fingerprint density at radius 1 is 1.05 bits per heavy atom. The van der Waals surface area contributed by atoms with Gasteiger partial charge < -0.3 is 10.2 Å². The van der Waals surface area contributed by atoms with Crippen LogP contribution >= 0.6 is 0 Å². The third-order valence-corrected chi connectivity index (χ3v) is 3.97. The van der Waals surface area contributed by atoms with Crippen LogP contribution in [0.5, 0.6) is 0 Å². The van der Waals surface area contributed by atoms with Gasteiger partial charge in [0.15, 0.2) is 0 Å². The second-order valence-electron chi connectivity index (χ2n) is 7.21. The van der Waals surface area contributed by atoms with E-state index in [9.17, 15) is 19.8 Å². The average molecular weight is 318 g/mol. The van der Waals surface area contributed by atoms with Crippen molar-refractivity contribution in [2.24, 2.45) is 16.7 Å². The van der Waals surface area contributed by atoms with Crippen molar-refractivity contribution in [2.45, 2.75) is 73.5 Å². The molecule has 0 radical (unpaired) electrons. The summed E-state index contributed by atoms with van der Waals surface area (Å²) in [4.78, 5) is 32.3. The normalized spacial score (nSPS) is 15.4. The molecule has 0 spiro atoms. The third kappa shape index (κ3) is 4.95. The average Bonchev–Trinajstić information content (AvgIpc) is 2.42. The zero-order valence-corrected chi connectivity index (χ0v) is 14.7. The van der Waals surface area contributed by atoms with E-state index in [1.807, 2.05) is 13.8 Å². The molecule has 130 valence electrons. The first-order valence-corrected chi connectivity index (χ1v) is 7.66. The second kappa shape index (κ2) is 7.92. The molecule has 0 aliphatic rings. The fourth-order valence-electron chi connectivity index (χ4n) is 2.50. The fraction of sp³-hybridized carbons (Fsp3) is 0.875. The summed E-state index contributed by atoms with van der Waals surface area (Å²) in [6.07, 6.45) is -1.27. The molecule has 0 saturated heterocycles. The molecule has 0 amide bonds. The van der Waals surface area contributed by atoms with Gasteiger partial charge in [-0.15, -0.1) is 0 Å². The molecule has 0 fully saturated rings. The van der Waals surface area contributed by atoms with Gasteiger partial charge in [-0.05, 0) is 26.2 Å². The predicted molar refractivity (Wildman–Crippen MR) is 81.5 cm³/mol. The number of hydrogen-bond donors (Lipinski definition) is 2. The minimum absolute atomic E-state index is 0.0844. The van der Waals surface area contributed by atoms with E-state index in [0.29, 0.717) is 6.42 Å². The van der Waals surface area contributed by atoms with Crippen LogP contribution in [0.25, 0.3) is 0 Å². The lowest BCUT2D eigenvalue weighted by Gasteiger charge is -2.43. The van der Waals surface area contributed by atoms with E-state index >= 15 is 0 Å². The summed E-state index contributed by atoms with van der Waals surface area (Å²) < 4.78 is 0. The quantitative estimate of drug-likeness (QED) is 0.552. The Kier molecular flexibility index (Phi) is 7.51. The summed E-state index contributed by atoms with van der Waals surface area (Å²) >= 11 is 0. The lowest BCUT2D eigenvalue weighted by atomic mass is 9.67. The first kappa shape index (κ1) is 20.9. The molecular formula is C16H30O6. The highest BCUT2D eigenvalue weighted by molar-refractivity contribution is 5.77. The molecule has 0 aliphatic carbocycles. The molecule has 0 aromatic heterocycles. The van der Waals surface area contributed by atoms with Crippen molar-refractivity contribution in [3.63, 3.8) is 0 Å². The zero-order chi connectivity index (χ0) is 17.7. The van der Waals surface area contributed by atoms with Gasteiger partial charge >= 0.3 is 11.9 Å². The van der Waals surface area contributed by atoms with Crippen molar-refractivity contribution in [1.29, 1.82) is 0 Å². The highest BCUT2D eigenvalue weighted by atomic mass is 17.2. The summed E-state index contributed by atoms with van der Waals surface area (Å²) in [6, 6.07) is 0. The molecule has 6 heteroatoms. The molecule has 2 unspecified atom stereocenters. The molecular weight excluding hydrogens is 288 g/mol. The van der Waals surface area contributed by atoms with Gasteiger partial charge in [-0.25, -0.2) is 19.4 Å². The monoisotopic (exact) mass is 318 g/mol. The number of carbonyl (C=O) groups is 2. The van der Waals surface area contributed by atoms with Gasteiger partial charge in [-0.3, -0.25) is 0 Å². The lowest BCUT2D eigenvalue weighted by molar-refractivity contribution is -0.271. The standard InChI is InChI=1S/C16H30O6/c1-8-9-11(17)21-22-14(20)16(6,7)13(19)15(4,5)12(18)10(2)3/h10,12-13,18-19H,8-9H2,1-7H3. The molecule has 0 saturated carbocycles. The van der Waals surface area contributed by atoms with Crippen LogP contribution in [0, 0.1) is 16.7 Å². The smallest absolute Gasteiger partial charge is 0.363 e. The number of hydrogen-bond acceptors (Lipinski definition) is 6. The maximum atomic E-state index is 12.1. The molecule has 0 bridgehead atoms. The predicted octanol–water partition coefficient (Wildman–Crippen LogP) is 2.22. The zero-order valence-electron chi connectivity index (χ0n) is 14.7. The van der Waals surface area contributed by atoms with E-state index in [4.69, 9.17) is 0 Å². The Morgan fingerprint density at radius 2 is 1.55 bits per heavy atom. The van der Waals surface area contributed by atoms with Crippen LogP contribution in [0.2, 0.25) is 0 Å². The topological polar surface area (TPSA) is 93.1 Å². The van der Waals surface area contributed by atoms with Crippen LogP contribution in [0.3, 0.4) is 0 Å². The number of carbonyl (C=O) groups excluding carboxylic acids is 2. The molecule has 2 N–H and O–H groups in total. The number of rotatable bonds is 7. The summed E-state index contributed by atoms with van der Waals surface area (Å²) in [7, 11) is 0. The van der Waals surface area contributed by atoms with Crippen molar-refractivity contribution in [3.05, 3.63) is 0 Å². The Labute approximate surface area is 132 Å². The van der Waals surface area contributed by atoms with E-state index < -0.39 is 35.0 Å². The van der Waals surface area contributed by atoms with E-state index in [-0.39, 0.29) is 12.3 Å². The van der Waals surface area contributed by atoms with Crippen molar-refractivity contribution in [3.8, 4) is 0 Å². The first-order chi connectivity index (χ1) is 9.88. The molecule has 0 aromatic rings. The number of aliphatic hydroxyl groups excluding tert-OH is 2. The molecule has 2 atom stereocenters. The van der Waals surface area contributed by atoms with E-state index in [1.165, 1.54) is 13.8 Å². The van der Waals surface area contributed by atoms with Gasteiger partial charge in [-0.1, -0.05) is 34.6 Å². The molecule has 6 nitrogen and oxygen atoms in total. The molecule has 22 heavy (non-hydrogen) atoms. The summed E-state index contributed by atoms with van der Waals surface area (Å²) in [5.41, 5.74) is -2.28. The van der Waals surface area contributed by atoms with Gasteiger partial charge in [0.05, 0.1) is 17.6 Å². The van der Waals surface area contributed by atoms with Crippen LogP contribution < -0.4 is 0 Å². The van der Waals surface area contributed by atoms with Crippen LogP contribution in [0.1, 0.15) is 61.3 Å². The Morgan fingerprint density at radius 3 is 1.95 bits per heavy atom. The summed E-state index contributed by atoms with van der Waals surface area (Å²) in [5, 5.41) is 20.8. The third-order valence-electron chi connectivity index (χ3n) is 3.97.